The van der Waals surface area contributed by atoms with Gasteiger partial charge in [0, 0.05) is 36.3 Å². The zero-order valence-corrected chi connectivity index (χ0v) is 14.5. The second-order valence-electron chi connectivity index (χ2n) is 6.21. The lowest BCUT2D eigenvalue weighted by molar-refractivity contribution is -0.116. The number of para-hydroxylation sites is 1. The maximum Gasteiger partial charge on any atom is 0.234 e. The van der Waals surface area contributed by atoms with Gasteiger partial charge in [-0.2, -0.15) is 0 Å². The molecule has 2 N–H and O–H groups in total. The molecule has 2 aromatic carbocycles. The first-order valence-corrected chi connectivity index (χ1v) is 8.66. The number of aromatic nitrogens is 3. The molecule has 0 saturated heterocycles. The number of hydrogen-bond acceptors (Lipinski definition) is 4. The molecule has 0 aliphatic carbocycles. The minimum Gasteiger partial charge on any atom is -0.508 e. The lowest BCUT2D eigenvalue weighted by atomic mass is 10.1. The maximum atomic E-state index is 12.2. The number of rotatable bonds is 5. The molecule has 4 aromatic rings. The molecule has 0 fully saturated rings. The van der Waals surface area contributed by atoms with E-state index in [1.807, 2.05) is 59.3 Å². The number of benzene rings is 2. The molecule has 0 bridgehead atoms. The summed E-state index contributed by atoms with van der Waals surface area (Å²) in [5.41, 5.74) is 3.27. The second kappa shape index (κ2) is 7.29. The van der Waals surface area contributed by atoms with Crippen LogP contribution in [0, 0.1) is 0 Å². The second-order valence-corrected chi connectivity index (χ2v) is 6.21. The Kier molecular flexibility index (Phi) is 4.53. The van der Waals surface area contributed by atoms with Crippen LogP contribution in [0.2, 0.25) is 0 Å². The molecule has 4 rings (SSSR count). The number of nitrogens with one attached hydrogen (secondary N) is 1. The quantitative estimate of drug-likeness (QED) is 0.570. The van der Waals surface area contributed by atoms with Gasteiger partial charge in [-0.3, -0.25) is 9.20 Å². The molecule has 2 heterocycles. The van der Waals surface area contributed by atoms with Crippen LogP contribution < -0.4 is 5.32 Å². The van der Waals surface area contributed by atoms with Gasteiger partial charge in [-0.05, 0) is 36.2 Å². The molecule has 6 heteroatoms. The predicted molar refractivity (Wildman–Crippen MR) is 103 cm³/mol. The fourth-order valence-corrected chi connectivity index (χ4v) is 2.89. The first-order valence-electron chi connectivity index (χ1n) is 8.66. The smallest absolute Gasteiger partial charge is 0.234 e. The predicted octanol–water partition coefficient (Wildman–Crippen LogP) is 3.67. The fraction of sp³-hybridized carbons (Fsp3) is 0.0952. The number of hydrogen-bond donors (Lipinski definition) is 2. The van der Waals surface area contributed by atoms with Gasteiger partial charge >= 0.3 is 0 Å². The maximum absolute atomic E-state index is 12.2. The monoisotopic (exact) mass is 358 g/mol. The summed E-state index contributed by atoms with van der Waals surface area (Å²) < 4.78 is 1.87. The summed E-state index contributed by atoms with van der Waals surface area (Å²) in [5.74, 6) is 0.772. The van der Waals surface area contributed by atoms with Crippen LogP contribution in [-0.2, 0) is 11.2 Å². The zero-order valence-electron chi connectivity index (χ0n) is 14.5. The number of carbonyl (C=O) groups excluding carboxylic acids is 1. The molecule has 1 amide bonds. The minimum atomic E-state index is -0.0945. The molecular formula is C21H18N4O2. The molecule has 2 aromatic heterocycles. The summed E-state index contributed by atoms with van der Waals surface area (Å²) in [6.45, 7) is 0. The Morgan fingerprint density at radius 3 is 2.67 bits per heavy atom. The first-order chi connectivity index (χ1) is 13.2. The largest absolute Gasteiger partial charge is 0.508 e. The van der Waals surface area contributed by atoms with Crippen molar-refractivity contribution in [1.29, 1.82) is 0 Å². The van der Waals surface area contributed by atoms with Gasteiger partial charge in [-0.15, -0.1) is 0 Å². The van der Waals surface area contributed by atoms with Crippen molar-refractivity contribution >= 4 is 17.4 Å². The molecule has 134 valence electrons. The molecule has 0 saturated carbocycles. The SMILES string of the molecule is O=C(CCc1ccccc1O)Nc1ccc(-c2cn3cccnc3n2)cc1. The highest BCUT2D eigenvalue weighted by Gasteiger charge is 2.08. The standard InChI is InChI=1S/C21H18N4O2/c26-19-5-2-1-4-16(19)8-11-20(27)23-17-9-6-15(7-10-17)18-14-25-13-3-12-22-21(25)24-18/h1-7,9-10,12-14,26H,8,11H2,(H,23,27). The number of phenolic OH excluding ortho intramolecular Hbond substituents is 1. The number of aryl methyl sites for hydroxylation is 1. The van der Waals surface area contributed by atoms with Crippen LogP contribution in [-0.4, -0.2) is 25.4 Å². The Morgan fingerprint density at radius 1 is 1.07 bits per heavy atom. The Hall–Kier alpha value is -3.67. The molecule has 0 atom stereocenters. The third-order valence-corrected chi connectivity index (χ3v) is 4.31. The van der Waals surface area contributed by atoms with E-state index in [2.05, 4.69) is 15.3 Å². The summed E-state index contributed by atoms with van der Waals surface area (Å²) in [4.78, 5) is 20.9. The van der Waals surface area contributed by atoms with Gasteiger partial charge in [0.05, 0.1) is 5.69 Å². The fourth-order valence-electron chi connectivity index (χ4n) is 2.89. The number of fused-ring (bicyclic) bond motifs is 1. The normalized spacial score (nSPS) is 10.8. The van der Waals surface area contributed by atoms with E-state index >= 15 is 0 Å². The van der Waals surface area contributed by atoms with Gasteiger partial charge in [-0.1, -0.05) is 30.3 Å². The van der Waals surface area contributed by atoms with E-state index in [0.717, 1.165) is 22.5 Å². The van der Waals surface area contributed by atoms with E-state index in [1.54, 1.807) is 18.3 Å². The van der Waals surface area contributed by atoms with Crippen LogP contribution in [0.3, 0.4) is 0 Å². The van der Waals surface area contributed by atoms with Gasteiger partial charge in [0.2, 0.25) is 11.7 Å². The first kappa shape index (κ1) is 16.8. The summed E-state index contributed by atoms with van der Waals surface area (Å²) in [6, 6.07) is 16.4. The molecule has 0 spiro atoms. The molecule has 0 aliphatic rings. The van der Waals surface area contributed by atoms with Crippen molar-refractivity contribution < 1.29 is 9.90 Å². The highest BCUT2D eigenvalue weighted by atomic mass is 16.3. The van der Waals surface area contributed by atoms with Crippen LogP contribution in [0.15, 0.2) is 73.2 Å². The Bertz CT molecular complexity index is 1050. The van der Waals surface area contributed by atoms with Gasteiger partial charge in [-0.25, -0.2) is 9.97 Å². The summed E-state index contributed by atoms with van der Waals surface area (Å²) in [7, 11) is 0. The molecule has 0 unspecified atom stereocenters. The van der Waals surface area contributed by atoms with Crippen LogP contribution in [0.4, 0.5) is 5.69 Å². The number of amides is 1. The summed E-state index contributed by atoms with van der Waals surface area (Å²) in [5, 5.41) is 12.6. The topological polar surface area (TPSA) is 79.5 Å². The third-order valence-electron chi connectivity index (χ3n) is 4.31. The average Bonchev–Trinajstić information content (AvgIpc) is 3.12. The van der Waals surface area contributed by atoms with Crippen molar-refractivity contribution in [3.63, 3.8) is 0 Å². The number of imidazole rings is 1. The minimum absolute atomic E-state index is 0.0945. The van der Waals surface area contributed by atoms with Crippen LogP contribution in [0.25, 0.3) is 17.0 Å². The van der Waals surface area contributed by atoms with Gasteiger partial charge in [0.25, 0.3) is 0 Å². The van der Waals surface area contributed by atoms with Gasteiger partial charge < -0.3 is 10.4 Å². The number of phenols is 1. The Balaban J connectivity index is 1.40. The third kappa shape index (κ3) is 3.79. The van der Waals surface area contributed by atoms with E-state index < -0.39 is 0 Å². The van der Waals surface area contributed by atoms with Crippen molar-refractivity contribution in [3.05, 3.63) is 78.8 Å². The van der Waals surface area contributed by atoms with Crippen LogP contribution in [0.1, 0.15) is 12.0 Å². The molecule has 27 heavy (non-hydrogen) atoms. The van der Waals surface area contributed by atoms with Crippen LogP contribution >= 0.6 is 0 Å². The van der Waals surface area contributed by atoms with E-state index in [0.29, 0.717) is 18.6 Å². The lowest BCUT2D eigenvalue weighted by Crippen LogP contribution is -2.12. The number of carbonyl (C=O) groups is 1. The summed E-state index contributed by atoms with van der Waals surface area (Å²) >= 11 is 0. The van der Waals surface area contributed by atoms with Crippen molar-refractivity contribution in [2.75, 3.05) is 5.32 Å². The average molecular weight is 358 g/mol. The number of anilines is 1. The van der Waals surface area contributed by atoms with Gasteiger partial charge in [0.1, 0.15) is 5.75 Å². The Morgan fingerprint density at radius 2 is 1.89 bits per heavy atom. The van der Waals surface area contributed by atoms with E-state index in [4.69, 9.17) is 0 Å². The van der Waals surface area contributed by atoms with E-state index in [-0.39, 0.29) is 11.7 Å². The van der Waals surface area contributed by atoms with E-state index in [9.17, 15) is 9.90 Å². The van der Waals surface area contributed by atoms with Crippen molar-refractivity contribution in [1.82, 2.24) is 14.4 Å². The summed E-state index contributed by atoms with van der Waals surface area (Å²) in [6.07, 6.45) is 6.32. The number of aromatic hydroxyl groups is 1. The highest BCUT2D eigenvalue weighted by molar-refractivity contribution is 5.91. The van der Waals surface area contributed by atoms with E-state index in [1.165, 1.54) is 0 Å². The zero-order chi connectivity index (χ0) is 18.6. The van der Waals surface area contributed by atoms with Crippen molar-refractivity contribution in [3.8, 4) is 17.0 Å². The molecule has 6 nitrogen and oxygen atoms in total. The Labute approximate surface area is 156 Å². The van der Waals surface area contributed by atoms with Gasteiger partial charge in [0.15, 0.2) is 0 Å². The van der Waals surface area contributed by atoms with Crippen LogP contribution in [0.5, 0.6) is 5.75 Å². The van der Waals surface area contributed by atoms with Crippen molar-refractivity contribution in [2.24, 2.45) is 0 Å². The molecule has 0 radical (unpaired) electrons. The van der Waals surface area contributed by atoms with Crippen molar-refractivity contribution in [2.45, 2.75) is 12.8 Å². The highest BCUT2D eigenvalue weighted by Crippen LogP contribution is 2.21. The number of nitrogens with zero attached hydrogens (tertiary/aromatic N) is 3. The lowest BCUT2D eigenvalue weighted by Gasteiger charge is -2.07. The molecular weight excluding hydrogens is 340 g/mol. The molecule has 0 aliphatic heterocycles.